The molecule has 0 fully saturated rings. The van der Waals surface area contributed by atoms with Crippen molar-refractivity contribution in [2.75, 3.05) is 6.54 Å². The summed E-state index contributed by atoms with van der Waals surface area (Å²) in [5.74, 6) is -2.18. The van der Waals surface area contributed by atoms with E-state index in [1.165, 1.54) is 0 Å². The molecule has 0 aliphatic heterocycles. The molecule has 3 amide bonds. The van der Waals surface area contributed by atoms with Gasteiger partial charge in [-0.2, -0.15) is 0 Å². The smallest absolute Gasteiger partial charge is 0.445 e. The number of alkyl carbamates (subject to hydrolysis) is 1. The fourth-order valence-electron chi connectivity index (χ4n) is 3.61. The highest BCUT2D eigenvalue weighted by Crippen LogP contribution is 2.07. The van der Waals surface area contributed by atoms with Crippen LogP contribution in [0.25, 0.3) is 0 Å². The highest BCUT2D eigenvalue weighted by molar-refractivity contribution is 6.43. The van der Waals surface area contributed by atoms with Gasteiger partial charge in [-0.25, -0.2) is 4.79 Å². The molecule has 192 valence electrons. The van der Waals surface area contributed by atoms with Gasteiger partial charge in [0.15, 0.2) is 0 Å². The fraction of sp³-hybridized carbons (Fsp3) is 0.222. The molecule has 0 saturated heterocycles. The summed E-state index contributed by atoms with van der Waals surface area (Å²) >= 11 is 0. The molecule has 0 heterocycles. The van der Waals surface area contributed by atoms with E-state index in [4.69, 9.17) is 4.74 Å². The van der Waals surface area contributed by atoms with Gasteiger partial charge < -0.3 is 30.7 Å². The lowest BCUT2D eigenvalue weighted by molar-refractivity contribution is -0.128. The van der Waals surface area contributed by atoms with E-state index >= 15 is 0 Å². The van der Waals surface area contributed by atoms with E-state index in [-0.39, 0.29) is 19.4 Å². The number of ether oxygens (including phenoxy) is 1. The average Bonchev–Trinajstić information content (AvgIpc) is 2.91. The van der Waals surface area contributed by atoms with E-state index in [0.717, 1.165) is 16.7 Å². The number of carbonyl (C=O) groups is 3. The van der Waals surface area contributed by atoms with Gasteiger partial charge in [-0.05, 0) is 23.1 Å². The lowest BCUT2D eigenvalue weighted by Gasteiger charge is -2.23. The Morgan fingerprint density at radius 3 is 1.78 bits per heavy atom. The number of hydrogen-bond acceptors (Lipinski definition) is 6. The molecule has 9 nitrogen and oxygen atoms in total. The summed E-state index contributed by atoms with van der Waals surface area (Å²) < 4.78 is 5.10. The summed E-state index contributed by atoms with van der Waals surface area (Å²) in [5, 5.41) is 27.3. The molecule has 0 aliphatic rings. The first-order valence-corrected chi connectivity index (χ1v) is 11.9. The van der Waals surface area contributed by atoms with Crippen molar-refractivity contribution in [2.24, 2.45) is 0 Å². The number of hydrogen-bond donors (Lipinski definition) is 5. The van der Waals surface area contributed by atoms with Crippen LogP contribution in [0.3, 0.4) is 0 Å². The van der Waals surface area contributed by atoms with E-state index in [1.54, 1.807) is 12.1 Å². The van der Waals surface area contributed by atoms with Crippen molar-refractivity contribution in [1.82, 2.24) is 16.0 Å². The Morgan fingerprint density at radius 2 is 1.24 bits per heavy atom. The first-order chi connectivity index (χ1) is 17.9. The molecule has 3 rings (SSSR count). The maximum Gasteiger partial charge on any atom is 0.475 e. The lowest BCUT2D eigenvalue weighted by atomic mass is 9.75. The van der Waals surface area contributed by atoms with Crippen molar-refractivity contribution in [2.45, 2.75) is 31.4 Å². The zero-order valence-electron chi connectivity index (χ0n) is 20.2. The molecular formula is C27H30BN3O6. The van der Waals surface area contributed by atoms with Gasteiger partial charge in [0.25, 0.3) is 0 Å². The van der Waals surface area contributed by atoms with Crippen molar-refractivity contribution in [1.29, 1.82) is 0 Å². The molecule has 0 aliphatic carbocycles. The van der Waals surface area contributed by atoms with Gasteiger partial charge in [0.05, 0.1) is 5.94 Å². The zero-order chi connectivity index (χ0) is 26.5. The predicted molar refractivity (Wildman–Crippen MR) is 139 cm³/mol. The molecule has 0 radical (unpaired) electrons. The SMILES string of the molecule is O=C(CNC(=O)OCc1ccccc1)NC(Cc1ccccc1)C(=O)NC(Cc1ccccc1)B(O)O. The monoisotopic (exact) mass is 503 g/mol. The van der Waals surface area contributed by atoms with Crippen molar-refractivity contribution in [3.05, 3.63) is 108 Å². The molecule has 3 aromatic carbocycles. The molecule has 0 bridgehead atoms. The van der Waals surface area contributed by atoms with Crippen LogP contribution in [-0.2, 0) is 33.8 Å². The highest BCUT2D eigenvalue weighted by Gasteiger charge is 2.29. The van der Waals surface area contributed by atoms with Crippen LogP contribution in [-0.4, -0.2) is 53.6 Å². The molecule has 0 aromatic heterocycles. The van der Waals surface area contributed by atoms with Crippen LogP contribution in [0, 0.1) is 0 Å². The number of nitrogens with one attached hydrogen (secondary N) is 3. The van der Waals surface area contributed by atoms with E-state index in [0.29, 0.717) is 0 Å². The molecule has 2 unspecified atom stereocenters. The summed E-state index contributed by atoms with van der Waals surface area (Å²) in [5.41, 5.74) is 2.41. The number of carbonyl (C=O) groups excluding carboxylic acids is 3. The van der Waals surface area contributed by atoms with Crippen LogP contribution in [0.15, 0.2) is 91.0 Å². The normalized spacial score (nSPS) is 12.1. The van der Waals surface area contributed by atoms with E-state index in [9.17, 15) is 24.4 Å². The van der Waals surface area contributed by atoms with Gasteiger partial charge in [-0.1, -0.05) is 91.0 Å². The van der Waals surface area contributed by atoms with Gasteiger partial charge in [-0.15, -0.1) is 0 Å². The van der Waals surface area contributed by atoms with Crippen LogP contribution in [0.2, 0.25) is 0 Å². The van der Waals surface area contributed by atoms with Crippen LogP contribution in [0.5, 0.6) is 0 Å². The van der Waals surface area contributed by atoms with Gasteiger partial charge >= 0.3 is 13.2 Å². The fourth-order valence-corrected chi connectivity index (χ4v) is 3.61. The Morgan fingerprint density at radius 1 is 0.730 bits per heavy atom. The second kappa shape index (κ2) is 14.4. The van der Waals surface area contributed by atoms with Crippen LogP contribution in [0.1, 0.15) is 16.7 Å². The number of rotatable bonds is 12. The summed E-state index contributed by atoms with van der Waals surface area (Å²) in [6.07, 6.45) is -0.420. The molecule has 3 aromatic rings. The van der Waals surface area contributed by atoms with Gasteiger partial charge in [0.1, 0.15) is 19.2 Å². The van der Waals surface area contributed by atoms with Crippen molar-refractivity contribution in [3.8, 4) is 0 Å². The zero-order valence-corrected chi connectivity index (χ0v) is 20.2. The third-order valence-corrected chi connectivity index (χ3v) is 5.53. The van der Waals surface area contributed by atoms with E-state index in [2.05, 4.69) is 16.0 Å². The topological polar surface area (TPSA) is 137 Å². The minimum absolute atomic E-state index is 0.0552. The first kappa shape index (κ1) is 27.4. The van der Waals surface area contributed by atoms with Gasteiger partial charge in [0.2, 0.25) is 11.8 Å². The molecule has 0 spiro atoms. The van der Waals surface area contributed by atoms with Gasteiger partial charge in [-0.3, -0.25) is 9.59 Å². The molecular weight excluding hydrogens is 473 g/mol. The highest BCUT2D eigenvalue weighted by atomic mass is 16.5. The quantitative estimate of drug-likeness (QED) is 0.237. The number of amides is 3. The summed E-state index contributed by atoms with van der Waals surface area (Å²) in [6, 6.07) is 26.3. The molecule has 37 heavy (non-hydrogen) atoms. The maximum absolute atomic E-state index is 13.1. The van der Waals surface area contributed by atoms with E-state index in [1.807, 2.05) is 78.9 Å². The van der Waals surface area contributed by atoms with Crippen LogP contribution in [0.4, 0.5) is 4.79 Å². The third kappa shape index (κ3) is 9.79. The summed E-state index contributed by atoms with van der Waals surface area (Å²) in [6.45, 7) is -0.345. The molecule has 5 N–H and O–H groups in total. The number of benzene rings is 3. The lowest BCUT2D eigenvalue weighted by Crippen LogP contribution is -2.56. The standard InChI is InChI=1S/C27H30BN3O6/c32-25(18-29-27(34)37-19-22-14-8-3-9-15-22)30-23(16-20-10-4-1-5-11-20)26(33)31-24(28(35)36)17-21-12-6-2-7-13-21/h1-15,23-24,35-36H,16-19H2,(H,29,34)(H,30,32)(H,31,33). The Hall–Kier alpha value is -4.15. The second-order valence-corrected chi connectivity index (χ2v) is 8.44. The maximum atomic E-state index is 13.1. The first-order valence-electron chi connectivity index (χ1n) is 11.9. The van der Waals surface area contributed by atoms with Crippen molar-refractivity contribution in [3.63, 3.8) is 0 Å². The molecule has 2 atom stereocenters. The Kier molecular flexibility index (Phi) is 10.7. The van der Waals surface area contributed by atoms with E-state index < -0.39 is 43.6 Å². The van der Waals surface area contributed by atoms with Crippen molar-refractivity contribution < 1.29 is 29.2 Å². The molecule has 10 heteroatoms. The Bertz CT molecular complexity index is 1130. The molecule has 0 saturated carbocycles. The minimum atomic E-state index is -1.81. The van der Waals surface area contributed by atoms with Gasteiger partial charge in [0, 0.05) is 6.42 Å². The van der Waals surface area contributed by atoms with Crippen LogP contribution >= 0.6 is 0 Å². The third-order valence-electron chi connectivity index (χ3n) is 5.53. The largest absolute Gasteiger partial charge is 0.475 e. The summed E-state index contributed by atoms with van der Waals surface area (Å²) in [7, 11) is -1.81. The average molecular weight is 503 g/mol. The second-order valence-electron chi connectivity index (χ2n) is 8.44. The Labute approximate surface area is 216 Å². The predicted octanol–water partition coefficient (Wildman–Crippen LogP) is 1.38. The summed E-state index contributed by atoms with van der Waals surface area (Å²) in [4.78, 5) is 37.7. The Balaban J connectivity index is 1.59. The van der Waals surface area contributed by atoms with Crippen molar-refractivity contribution >= 4 is 25.0 Å². The minimum Gasteiger partial charge on any atom is -0.445 e. The van der Waals surface area contributed by atoms with Crippen LogP contribution < -0.4 is 16.0 Å².